The molecule has 3 amide bonds. The van der Waals surface area contributed by atoms with Gasteiger partial charge in [-0.2, -0.15) is 5.48 Å². The number of ether oxygens (including phenoxy) is 1. The molecule has 48 heavy (non-hydrogen) atoms. The molecule has 3 N–H and O–H groups in total. The van der Waals surface area contributed by atoms with E-state index in [1.165, 1.54) is 0 Å². The third-order valence-electron chi connectivity index (χ3n) is 10.5. The average Bonchev–Trinajstić information content (AvgIpc) is 3.10. The number of nitrogens with zero attached hydrogens (tertiary/aromatic N) is 2. The molecule has 5 heterocycles. The normalized spacial score (nSPS) is 24.1. The SMILES string of the molecule is CCCCN1C(=O)[C@@H]([C@H](O)C2CCCCC2)NC(=O)C12CCN(C[C@@H]1CC(=O)ONC(=O)c3ccc(cc3)Oc3ccc1cc3)CC2.Cl. The Morgan fingerprint density at radius 3 is 2.23 bits per heavy atom. The molecule has 6 aliphatic rings. The number of aliphatic hydroxyl groups excluding tert-OH is 1. The lowest BCUT2D eigenvalue weighted by Gasteiger charge is -2.53. The topological polar surface area (TPSA) is 138 Å². The number of benzene rings is 2. The number of nitrogens with one attached hydrogen (secondary N) is 2. The fourth-order valence-electron chi connectivity index (χ4n) is 7.68. The van der Waals surface area contributed by atoms with Gasteiger partial charge in [-0.05, 0) is 80.0 Å². The average molecular weight is 683 g/mol. The molecule has 0 unspecified atom stereocenters. The molecule has 11 nitrogen and oxygen atoms in total. The summed E-state index contributed by atoms with van der Waals surface area (Å²) in [6, 6.07) is 13.2. The van der Waals surface area contributed by atoms with E-state index >= 15 is 0 Å². The van der Waals surface area contributed by atoms with Crippen molar-refractivity contribution >= 4 is 36.1 Å². The van der Waals surface area contributed by atoms with Crippen LogP contribution in [-0.4, -0.2) is 82.5 Å². The van der Waals surface area contributed by atoms with Crippen LogP contribution in [-0.2, 0) is 19.2 Å². The summed E-state index contributed by atoms with van der Waals surface area (Å²) in [5, 5.41) is 14.2. The van der Waals surface area contributed by atoms with Crippen LogP contribution in [0.1, 0.15) is 93.0 Å². The van der Waals surface area contributed by atoms with Gasteiger partial charge in [0.1, 0.15) is 23.1 Å². The first-order chi connectivity index (χ1) is 22.8. The lowest BCUT2D eigenvalue weighted by molar-refractivity contribution is -0.166. The Labute approximate surface area is 288 Å². The largest absolute Gasteiger partial charge is 0.457 e. The van der Waals surface area contributed by atoms with Crippen LogP contribution in [0.25, 0.3) is 0 Å². The van der Waals surface area contributed by atoms with Gasteiger partial charge >= 0.3 is 5.97 Å². The van der Waals surface area contributed by atoms with Crippen molar-refractivity contribution in [2.75, 3.05) is 26.2 Å². The predicted molar refractivity (Wildman–Crippen MR) is 181 cm³/mol. The Bertz CT molecular complexity index is 1440. The van der Waals surface area contributed by atoms with Crippen molar-refractivity contribution in [3.8, 4) is 11.5 Å². The number of aliphatic hydroxyl groups is 1. The van der Waals surface area contributed by atoms with Crippen molar-refractivity contribution in [1.82, 2.24) is 20.6 Å². The van der Waals surface area contributed by atoms with Crippen LogP contribution in [0.15, 0.2) is 48.5 Å². The van der Waals surface area contributed by atoms with Gasteiger partial charge in [0.2, 0.25) is 11.8 Å². The molecule has 1 saturated carbocycles. The van der Waals surface area contributed by atoms with E-state index in [1.807, 2.05) is 24.3 Å². The molecule has 260 valence electrons. The van der Waals surface area contributed by atoms with Gasteiger partial charge in [0.15, 0.2) is 0 Å². The van der Waals surface area contributed by atoms with Gasteiger partial charge in [0.05, 0.1) is 12.5 Å². The number of hydroxylamine groups is 1. The highest BCUT2D eigenvalue weighted by molar-refractivity contribution is 6.00. The number of carbonyl (C=O) groups excluding carboxylic acids is 4. The fourth-order valence-corrected chi connectivity index (χ4v) is 7.68. The summed E-state index contributed by atoms with van der Waals surface area (Å²) in [4.78, 5) is 62.6. The number of hydrogen-bond donors (Lipinski definition) is 3. The van der Waals surface area contributed by atoms with Gasteiger partial charge in [0, 0.05) is 37.7 Å². The molecule has 2 saturated heterocycles. The highest BCUT2D eigenvalue weighted by Crippen LogP contribution is 2.37. The van der Waals surface area contributed by atoms with Gasteiger partial charge in [-0.1, -0.05) is 44.7 Å². The van der Waals surface area contributed by atoms with Crippen LogP contribution in [0.3, 0.4) is 0 Å². The summed E-state index contributed by atoms with van der Waals surface area (Å²) >= 11 is 0. The first-order valence-electron chi connectivity index (χ1n) is 17.2. The predicted octanol–water partition coefficient (Wildman–Crippen LogP) is 4.48. The van der Waals surface area contributed by atoms with Crippen molar-refractivity contribution in [2.24, 2.45) is 5.92 Å². The Hall–Kier alpha value is -3.67. The number of piperidine rings is 1. The summed E-state index contributed by atoms with van der Waals surface area (Å²) < 4.78 is 5.95. The number of halogens is 1. The quantitative estimate of drug-likeness (QED) is 0.389. The van der Waals surface area contributed by atoms with E-state index in [0.717, 1.165) is 50.5 Å². The minimum absolute atomic E-state index is 0. The number of amides is 3. The number of unbranched alkanes of at least 4 members (excludes halogenated alkanes) is 1. The van der Waals surface area contributed by atoms with Crippen LogP contribution in [0, 0.1) is 5.92 Å². The van der Waals surface area contributed by atoms with Crippen molar-refractivity contribution in [1.29, 1.82) is 0 Å². The minimum Gasteiger partial charge on any atom is -0.457 e. The highest BCUT2D eigenvalue weighted by Gasteiger charge is 2.55. The zero-order valence-corrected chi connectivity index (χ0v) is 28.3. The van der Waals surface area contributed by atoms with Crippen molar-refractivity contribution in [2.45, 2.75) is 94.7 Å². The summed E-state index contributed by atoms with van der Waals surface area (Å²) in [6.07, 6.45) is 6.69. The standard InChI is InChI=1S/C36H46N4O7.ClH/c1-2-3-19-40-34(44)31(32(42)25-7-5-4-6-8-25)37-35(45)36(40)17-20-39(21-18-36)23-27-22-30(41)47-38-33(43)26-11-15-29(16-12-26)46-28-13-9-24(27)10-14-28;/h9-16,25,27,31-32,42H,2-8,17-23H2,1H3,(H,37,45)(H,38,43);1H/t27-,31+,32+;/m0./s1. The summed E-state index contributed by atoms with van der Waals surface area (Å²) in [5.74, 6) is -0.462. The molecule has 8 rings (SSSR count). The fraction of sp³-hybridized carbons (Fsp3) is 0.556. The molecule has 1 spiro atoms. The number of rotatable bonds is 7. The van der Waals surface area contributed by atoms with Crippen molar-refractivity contribution in [3.05, 3.63) is 59.7 Å². The van der Waals surface area contributed by atoms with E-state index in [1.54, 1.807) is 29.2 Å². The molecule has 0 radical (unpaired) electrons. The first kappa shape index (κ1) is 35.6. The van der Waals surface area contributed by atoms with E-state index in [4.69, 9.17) is 9.57 Å². The van der Waals surface area contributed by atoms with Gasteiger partial charge < -0.3 is 29.8 Å². The van der Waals surface area contributed by atoms with E-state index < -0.39 is 29.6 Å². The molecular formula is C36H47ClN4O7. The van der Waals surface area contributed by atoms with Gasteiger partial charge in [0.25, 0.3) is 5.91 Å². The lowest BCUT2D eigenvalue weighted by Crippen LogP contribution is -2.75. The Balaban J connectivity index is 0.00000451. The molecule has 0 aromatic heterocycles. The smallest absolute Gasteiger partial charge is 0.332 e. The number of likely N-dealkylation sites (tertiary alicyclic amines) is 1. The maximum atomic E-state index is 14.0. The van der Waals surface area contributed by atoms with Crippen LogP contribution < -0.4 is 15.5 Å². The number of piperazine rings is 1. The third-order valence-corrected chi connectivity index (χ3v) is 10.5. The molecule has 2 aromatic rings. The maximum absolute atomic E-state index is 14.0. The molecule has 5 aliphatic heterocycles. The Morgan fingerprint density at radius 1 is 0.938 bits per heavy atom. The summed E-state index contributed by atoms with van der Waals surface area (Å²) in [6.45, 7) is 4.17. The van der Waals surface area contributed by atoms with Gasteiger partial charge in [-0.15, -0.1) is 12.4 Å². The lowest BCUT2D eigenvalue weighted by atomic mass is 9.77. The molecule has 1 aliphatic carbocycles. The Morgan fingerprint density at radius 2 is 1.58 bits per heavy atom. The van der Waals surface area contributed by atoms with E-state index in [-0.39, 0.29) is 42.5 Å². The minimum atomic E-state index is -0.966. The van der Waals surface area contributed by atoms with Crippen LogP contribution in [0.2, 0.25) is 0 Å². The molecule has 4 bridgehead atoms. The molecule has 2 aromatic carbocycles. The number of hydrogen-bond acceptors (Lipinski definition) is 8. The molecule has 3 atom stereocenters. The van der Waals surface area contributed by atoms with Crippen molar-refractivity contribution < 1.29 is 33.9 Å². The monoisotopic (exact) mass is 682 g/mol. The van der Waals surface area contributed by atoms with E-state index in [0.29, 0.717) is 56.1 Å². The van der Waals surface area contributed by atoms with E-state index in [9.17, 15) is 24.3 Å². The van der Waals surface area contributed by atoms with Crippen LogP contribution >= 0.6 is 12.4 Å². The third kappa shape index (κ3) is 7.63. The van der Waals surface area contributed by atoms with Crippen molar-refractivity contribution in [3.63, 3.8) is 0 Å². The summed E-state index contributed by atoms with van der Waals surface area (Å²) in [7, 11) is 0. The zero-order valence-electron chi connectivity index (χ0n) is 27.5. The number of fused-ring (bicyclic) bond motifs is 2. The molecule has 12 heteroatoms. The second-order valence-electron chi connectivity index (χ2n) is 13.5. The maximum Gasteiger partial charge on any atom is 0.332 e. The van der Waals surface area contributed by atoms with Gasteiger partial charge in [-0.25, -0.2) is 4.79 Å². The molecule has 3 fully saturated rings. The summed E-state index contributed by atoms with van der Waals surface area (Å²) in [5.41, 5.74) is 2.54. The Kier molecular flexibility index (Phi) is 11.7. The second-order valence-corrected chi connectivity index (χ2v) is 13.5. The van der Waals surface area contributed by atoms with Crippen LogP contribution in [0.5, 0.6) is 11.5 Å². The molecular weight excluding hydrogens is 636 g/mol. The first-order valence-corrected chi connectivity index (χ1v) is 17.2. The number of carbonyl (C=O) groups is 4. The second kappa shape index (κ2) is 15.7. The highest BCUT2D eigenvalue weighted by atomic mass is 35.5. The van der Waals surface area contributed by atoms with E-state index in [2.05, 4.69) is 22.6 Å². The zero-order chi connectivity index (χ0) is 33.0. The van der Waals surface area contributed by atoms with Crippen LogP contribution in [0.4, 0.5) is 0 Å². The van der Waals surface area contributed by atoms with Gasteiger partial charge in [-0.3, -0.25) is 14.4 Å².